The minimum atomic E-state index is -0.0572. The van der Waals surface area contributed by atoms with Gasteiger partial charge in [0.1, 0.15) is 0 Å². The van der Waals surface area contributed by atoms with Gasteiger partial charge in [-0.3, -0.25) is 9.59 Å². The zero-order valence-electron chi connectivity index (χ0n) is 17.5. The van der Waals surface area contributed by atoms with Crippen LogP contribution >= 0.6 is 0 Å². The summed E-state index contributed by atoms with van der Waals surface area (Å²) in [7, 11) is 0. The summed E-state index contributed by atoms with van der Waals surface area (Å²) in [5, 5.41) is 6.06. The van der Waals surface area contributed by atoms with E-state index in [0.717, 1.165) is 30.6 Å². The lowest BCUT2D eigenvalue weighted by atomic mass is 10.1. The minimum absolute atomic E-state index is 0.0148. The van der Waals surface area contributed by atoms with Gasteiger partial charge < -0.3 is 15.5 Å². The lowest BCUT2D eigenvalue weighted by Gasteiger charge is -2.18. The van der Waals surface area contributed by atoms with Crippen LogP contribution in [0.3, 0.4) is 0 Å². The quantitative estimate of drug-likeness (QED) is 0.548. The maximum absolute atomic E-state index is 13.0. The standard InChI is InChI=1S/C26H27N3O2/c30-25(27-16-7-10-20-8-2-1-3-9-20)19-28-23-13-6-12-22(18-23)26(31)29-17-15-21-11-4-5-14-24(21)29/h1-6,8-9,11-14,18,28H,7,10,15-17,19H2,(H,27,30). The first kappa shape index (κ1) is 20.7. The average molecular weight is 414 g/mol. The fourth-order valence-electron chi connectivity index (χ4n) is 3.88. The number of amides is 2. The first-order valence-corrected chi connectivity index (χ1v) is 10.7. The summed E-state index contributed by atoms with van der Waals surface area (Å²) in [6.45, 7) is 1.51. The predicted octanol–water partition coefficient (Wildman–Crippen LogP) is 4.05. The molecule has 31 heavy (non-hydrogen) atoms. The Hall–Kier alpha value is -3.60. The van der Waals surface area contributed by atoms with Crippen molar-refractivity contribution in [3.8, 4) is 0 Å². The Morgan fingerprint density at radius 2 is 1.71 bits per heavy atom. The highest BCUT2D eigenvalue weighted by atomic mass is 16.2. The van der Waals surface area contributed by atoms with Gasteiger partial charge in [-0.25, -0.2) is 0 Å². The van der Waals surface area contributed by atoms with E-state index in [9.17, 15) is 9.59 Å². The summed E-state index contributed by atoms with van der Waals surface area (Å²) in [5.74, 6) is -0.0720. The van der Waals surface area contributed by atoms with Crippen LogP contribution in [-0.2, 0) is 17.6 Å². The number of carbonyl (C=O) groups excluding carboxylic acids is 2. The van der Waals surface area contributed by atoms with E-state index in [2.05, 4.69) is 28.8 Å². The van der Waals surface area contributed by atoms with Crippen molar-refractivity contribution in [1.82, 2.24) is 5.32 Å². The molecule has 3 aromatic carbocycles. The number of benzene rings is 3. The molecule has 0 bridgehead atoms. The smallest absolute Gasteiger partial charge is 0.258 e. The van der Waals surface area contributed by atoms with E-state index in [1.165, 1.54) is 11.1 Å². The fourth-order valence-corrected chi connectivity index (χ4v) is 3.88. The largest absolute Gasteiger partial charge is 0.376 e. The van der Waals surface area contributed by atoms with Crippen molar-refractivity contribution in [3.63, 3.8) is 0 Å². The molecule has 4 rings (SSSR count). The fraction of sp³-hybridized carbons (Fsp3) is 0.231. The Kier molecular flexibility index (Phi) is 6.62. The molecule has 158 valence electrons. The molecular weight excluding hydrogens is 386 g/mol. The van der Waals surface area contributed by atoms with Crippen molar-refractivity contribution in [2.45, 2.75) is 19.3 Å². The highest BCUT2D eigenvalue weighted by molar-refractivity contribution is 6.07. The van der Waals surface area contributed by atoms with Crippen LogP contribution in [0.1, 0.15) is 27.9 Å². The van der Waals surface area contributed by atoms with Crippen molar-refractivity contribution in [3.05, 3.63) is 95.6 Å². The molecule has 0 radical (unpaired) electrons. The number of carbonyl (C=O) groups is 2. The molecule has 5 heteroatoms. The highest BCUT2D eigenvalue weighted by Crippen LogP contribution is 2.29. The number of nitrogens with one attached hydrogen (secondary N) is 2. The van der Waals surface area contributed by atoms with Crippen molar-refractivity contribution in [2.24, 2.45) is 0 Å². The van der Waals surface area contributed by atoms with Gasteiger partial charge in [-0.2, -0.15) is 0 Å². The first-order chi connectivity index (χ1) is 15.2. The molecule has 0 fully saturated rings. The molecule has 5 nitrogen and oxygen atoms in total. The molecule has 3 aromatic rings. The monoisotopic (exact) mass is 413 g/mol. The molecular formula is C26H27N3O2. The minimum Gasteiger partial charge on any atom is -0.376 e. The third-order valence-electron chi connectivity index (χ3n) is 5.50. The second-order valence-electron chi connectivity index (χ2n) is 7.71. The summed E-state index contributed by atoms with van der Waals surface area (Å²) in [6.07, 6.45) is 2.72. The normalized spacial score (nSPS) is 12.3. The van der Waals surface area contributed by atoms with Crippen molar-refractivity contribution in [1.29, 1.82) is 0 Å². The van der Waals surface area contributed by atoms with Gasteiger partial charge in [0.15, 0.2) is 0 Å². The second-order valence-corrected chi connectivity index (χ2v) is 7.71. The maximum Gasteiger partial charge on any atom is 0.258 e. The van der Waals surface area contributed by atoms with Crippen LogP contribution in [0.4, 0.5) is 11.4 Å². The van der Waals surface area contributed by atoms with Gasteiger partial charge in [0, 0.05) is 30.0 Å². The van der Waals surface area contributed by atoms with Gasteiger partial charge in [0.25, 0.3) is 5.91 Å². The number of anilines is 2. The van der Waals surface area contributed by atoms with E-state index >= 15 is 0 Å². The van der Waals surface area contributed by atoms with Crippen LogP contribution in [0.2, 0.25) is 0 Å². The SMILES string of the molecule is O=C(CNc1cccc(C(=O)N2CCc3ccccc32)c1)NCCCc1ccccc1. The number of aryl methyl sites for hydroxylation is 1. The summed E-state index contributed by atoms with van der Waals surface area (Å²) < 4.78 is 0. The van der Waals surface area contributed by atoms with Crippen LogP contribution < -0.4 is 15.5 Å². The van der Waals surface area contributed by atoms with Gasteiger partial charge in [0.05, 0.1) is 6.54 Å². The zero-order valence-corrected chi connectivity index (χ0v) is 17.5. The van der Waals surface area contributed by atoms with E-state index < -0.39 is 0 Å². The summed E-state index contributed by atoms with van der Waals surface area (Å²) >= 11 is 0. The number of hydrogen-bond donors (Lipinski definition) is 2. The van der Waals surface area contributed by atoms with E-state index in [-0.39, 0.29) is 18.4 Å². The Labute approximate surface area is 183 Å². The molecule has 0 unspecified atom stereocenters. The number of hydrogen-bond acceptors (Lipinski definition) is 3. The molecule has 0 aromatic heterocycles. The number of fused-ring (bicyclic) bond motifs is 1. The molecule has 0 saturated carbocycles. The van der Waals surface area contributed by atoms with Gasteiger partial charge in [-0.05, 0) is 54.7 Å². The molecule has 2 N–H and O–H groups in total. The van der Waals surface area contributed by atoms with Crippen LogP contribution in [-0.4, -0.2) is 31.4 Å². The number of nitrogens with zero attached hydrogens (tertiary/aromatic N) is 1. The third kappa shape index (κ3) is 5.31. The van der Waals surface area contributed by atoms with Crippen LogP contribution in [0.5, 0.6) is 0 Å². The molecule has 0 saturated heterocycles. The molecule has 0 spiro atoms. The summed E-state index contributed by atoms with van der Waals surface area (Å²) in [6, 6.07) is 25.6. The van der Waals surface area contributed by atoms with Crippen molar-refractivity contribution in [2.75, 3.05) is 29.9 Å². The molecule has 2 amide bonds. The topological polar surface area (TPSA) is 61.4 Å². The zero-order chi connectivity index (χ0) is 21.5. The Balaban J connectivity index is 1.26. The lowest BCUT2D eigenvalue weighted by molar-refractivity contribution is -0.119. The van der Waals surface area contributed by atoms with Crippen LogP contribution in [0, 0.1) is 0 Å². The van der Waals surface area contributed by atoms with Gasteiger partial charge in [-0.15, -0.1) is 0 Å². The van der Waals surface area contributed by atoms with E-state index in [4.69, 9.17) is 0 Å². The van der Waals surface area contributed by atoms with Crippen molar-refractivity contribution < 1.29 is 9.59 Å². The van der Waals surface area contributed by atoms with E-state index in [1.807, 2.05) is 65.6 Å². The summed E-state index contributed by atoms with van der Waals surface area (Å²) in [5.41, 5.74) is 4.84. The molecule has 1 aliphatic heterocycles. The predicted molar refractivity (Wildman–Crippen MR) is 125 cm³/mol. The number of rotatable bonds is 8. The molecule has 1 aliphatic rings. The second kappa shape index (κ2) is 9.94. The highest BCUT2D eigenvalue weighted by Gasteiger charge is 2.25. The molecule has 0 aliphatic carbocycles. The van der Waals surface area contributed by atoms with Gasteiger partial charge in [-0.1, -0.05) is 54.6 Å². The van der Waals surface area contributed by atoms with E-state index in [1.54, 1.807) is 0 Å². The van der Waals surface area contributed by atoms with Crippen LogP contribution in [0.15, 0.2) is 78.9 Å². The Bertz CT molecular complexity index is 1050. The Morgan fingerprint density at radius 3 is 2.58 bits per heavy atom. The third-order valence-corrected chi connectivity index (χ3v) is 5.50. The van der Waals surface area contributed by atoms with Gasteiger partial charge in [0.2, 0.25) is 5.91 Å². The van der Waals surface area contributed by atoms with Crippen molar-refractivity contribution >= 4 is 23.2 Å². The average Bonchev–Trinajstić information content (AvgIpc) is 3.25. The summed E-state index contributed by atoms with van der Waals surface area (Å²) in [4.78, 5) is 27.0. The molecule has 1 heterocycles. The maximum atomic E-state index is 13.0. The molecule has 0 atom stereocenters. The van der Waals surface area contributed by atoms with E-state index in [0.29, 0.717) is 18.7 Å². The Morgan fingerprint density at radius 1 is 0.903 bits per heavy atom. The lowest BCUT2D eigenvalue weighted by Crippen LogP contribution is -2.31. The van der Waals surface area contributed by atoms with Gasteiger partial charge >= 0.3 is 0 Å². The van der Waals surface area contributed by atoms with Crippen LogP contribution in [0.25, 0.3) is 0 Å². The first-order valence-electron chi connectivity index (χ1n) is 10.7. The number of para-hydroxylation sites is 1.